The molecule has 238 valence electrons. The maximum absolute atomic E-state index is 13.9. The number of benzene rings is 3. The number of carbonyl (C=O) groups excluding carboxylic acids is 1. The van der Waals surface area contributed by atoms with Gasteiger partial charge in [0.25, 0.3) is 0 Å². The van der Waals surface area contributed by atoms with E-state index < -0.39 is 33.7 Å². The first-order valence-corrected chi connectivity index (χ1v) is 15.9. The van der Waals surface area contributed by atoms with E-state index in [1.807, 2.05) is 68.4 Å². The van der Waals surface area contributed by atoms with Gasteiger partial charge in [0.2, 0.25) is 16.8 Å². The second kappa shape index (κ2) is 14.8. The first-order valence-electron chi connectivity index (χ1n) is 14.4. The molecular weight excluding hydrogens is 586 g/mol. The van der Waals surface area contributed by atoms with E-state index >= 15 is 0 Å². The normalized spacial score (nSPS) is 14.3. The van der Waals surface area contributed by atoms with Crippen molar-refractivity contribution in [2.45, 2.75) is 56.8 Å². The Bertz CT molecular complexity index is 1480. The van der Waals surface area contributed by atoms with Gasteiger partial charge in [-0.05, 0) is 60.1 Å². The van der Waals surface area contributed by atoms with Crippen LogP contribution in [-0.4, -0.2) is 62.6 Å². The highest BCUT2D eigenvalue weighted by atomic mass is 32.2. The van der Waals surface area contributed by atoms with Crippen molar-refractivity contribution < 1.29 is 37.3 Å². The molecule has 0 fully saturated rings. The molecule has 1 aliphatic rings. The number of fused-ring (bicyclic) bond motifs is 1. The summed E-state index contributed by atoms with van der Waals surface area (Å²) in [6.07, 6.45) is -0.677. The topological polar surface area (TPSA) is 164 Å². The summed E-state index contributed by atoms with van der Waals surface area (Å²) in [6.45, 7) is 4.25. The number of hydrogen-bond donors (Lipinski definition) is 3. The van der Waals surface area contributed by atoms with E-state index in [0.717, 1.165) is 11.1 Å². The van der Waals surface area contributed by atoms with E-state index in [1.54, 1.807) is 6.07 Å². The molecule has 2 atom stereocenters. The molecule has 0 saturated carbocycles. The van der Waals surface area contributed by atoms with Crippen molar-refractivity contribution in [2.75, 3.05) is 26.5 Å². The summed E-state index contributed by atoms with van der Waals surface area (Å²) in [5, 5.41) is 11.2. The van der Waals surface area contributed by atoms with Gasteiger partial charge in [-0.2, -0.15) is 4.31 Å². The van der Waals surface area contributed by atoms with Crippen molar-refractivity contribution in [1.82, 2.24) is 4.31 Å². The molecule has 44 heavy (non-hydrogen) atoms. The largest absolute Gasteiger partial charge is 0.489 e. The van der Waals surface area contributed by atoms with Crippen LogP contribution in [-0.2, 0) is 27.8 Å². The number of carbonyl (C=O) groups is 1. The number of aliphatic hydroxyl groups excluding tert-OH is 1. The van der Waals surface area contributed by atoms with Crippen LogP contribution in [0, 0.1) is 5.41 Å². The average Bonchev–Trinajstić information content (AvgIpc) is 3.47. The highest BCUT2D eigenvalue weighted by Gasteiger charge is 2.34. The van der Waals surface area contributed by atoms with Gasteiger partial charge in [0.1, 0.15) is 12.4 Å². The van der Waals surface area contributed by atoms with Crippen LogP contribution in [0.4, 0.5) is 4.79 Å². The Morgan fingerprint density at radius 1 is 1.02 bits per heavy atom. The van der Waals surface area contributed by atoms with E-state index in [2.05, 4.69) is 0 Å². The van der Waals surface area contributed by atoms with Crippen LogP contribution in [0.5, 0.6) is 17.2 Å². The number of rotatable bonds is 16. The molecular formula is C32H41N3O8S. The smallest absolute Gasteiger partial charge is 0.404 e. The number of primary amides is 1. The van der Waals surface area contributed by atoms with Gasteiger partial charge in [-0.1, -0.05) is 56.3 Å². The highest BCUT2D eigenvalue weighted by Crippen LogP contribution is 2.35. The van der Waals surface area contributed by atoms with Crippen molar-refractivity contribution in [3.05, 3.63) is 83.9 Å². The lowest BCUT2D eigenvalue weighted by atomic mass is 9.87. The van der Waals surface area contributed by atoms with Crippen molar-refractivity contribution in [3.8, 4) is 17.2 Å². The lowest BCUT2D eigenvalue weighted by Gasteiger charge is -2.34. The van der Waals surface area contributed by atoms with Gasteiger partial charge in [-0.25, -0.2) is 13.2 Å². The lowest BCUT2D eigenvalue weighted by Crippen LogP contribution is -2.49. The van der Waals surface area contributed by atoms with Crippen molar-refractivity contribution in [3.63, 3.8) is 0 Å². The Balaban J connectivity index is 1.43. The first-order chi connectivity index (χ1) is 20.9. The zero-order valence-electron chi connectivity index (χ0n) is 25.1. The third-order valence-electron chi connectivity index (χ3n) is 7.36. The van der Waals surface area contributed by atoms with Crippen LogP contribution in [0.1, 0.15) is 37.8 Å². The number of hydrogen-bond acceptors (Lipinski definition) is 9. The molecule has 1 heterocycles. The molecule has 4 rings (SSSR count). The summed E-state index contributed by atoms with van der Waals surface area (Å²) in [4.78, 5) is 10.9. The number of ether oxygens (including phenoxy) is 4. The molecule has 5 N–H and O–H groups in total. The van der Waals surface area contributed by atoms with Gasteiger partial charge < -0.3 is 35.5 Å². The molecule has 0 aliphatic carbocycles. The quantitative estimate of drug-likeness (QED) is 0.200. The highest BCUT2D eigenvalue weighted by molar-refractivity contribution is 7.89. The number of amides is 1. The second-order valence-corrected chi connectivity index (χ2v) is 13.5. The monoisotopic (exact) mass is 627 g/mol. The van der Waals surface area contributed by atoms with E-state index in [-0.39, 0.29) is 31.4 Å². The Kier molecular flexibility index (Phi) is 11.1. The number of aliphatic hydroxyl groups is 1. The van der Waals surface area contributed by atoms with Crippen LogP contribution in [0.15, 0.2) is 77.7 Å². The summed E-state index contributed by atoms with van der Waals surface area (Å²) in [7, 11) is -4.08. The molecule has 0 saturated heterocycles. The minimum atomic E-state index is -4.08. The van der Waals surface area contributed by atoms with Crippen molar-refractivity contribution >= 4 is 16.1 Å². The summed E-state index contributed by atoms with van der Waals surface area (Å²) in [5.41, 5.74) is 12.9. The van der Waals surface area contributed by atoms with Crippen LogP contribution < -0.4 is 25.7 Å². The van der Waals surface area contributed by atoms with Crippen LogP contribution in [0.2, 0.25) is 0 Å². The standard InChI is InChI=1S/C32H41N3O8S/c1-32(2,15-6-16-40-31(34)37)21-35(44(38,39)26-13-14-29-30(18-26)43-22-42-29)19-28(36)27(33)17-23-9-11-25(12-10-23)41-20-24-7-4-3-5-8-24/h3-5,7-14,18,27-28,36H,6,15-17,19-22,33H2,1-2H3,(H2,34,37)/t27-,28+/m0/s1. The molecule has 11 nitrogen and oxygen atoms in total. The summed E-state index contributed by atoms with van der Waals surface area (Å²) >= 11 is 0. The molecule has 1 amide bonds. The summed E-state index contributed by atoms with van der Waals surface area (Å²) < 4.78 is 50.5. The van der Waals surface area contributed by atoms with Gasteiger partial charge in [0, 0.05) is 25.2 Å². The molecule has 12 heteroatoms. The van der Waals surface area contributed by atoms with E-state index in [0.29, 0.717) is 43.1 Å². The van der Waals surface area contributed by atoms with Crippen LogP contribution >= 0.6 is 0 Å². The molecule has 3 aromatic carbocycles. The van der Waals surface area contributed by atoms with Gasteiger partial charge in [-0.3, -0.25) is 0 Å². The van der Waals surface area contributed by atoms with Crippen molar-refractivity contribution in [1.29, 1.82) is 0 Å². The number of sulfonamides is 1. The minimum absolute atomic E-state index is 0.0106. The predicted molar refractivity (Wildman–Crippen MR) is 165 cm³/mol. The van der Waals surface area contributed by atoms with Gasteiger partial charge >= 0.3 is 6.09 Å². The van der Waals surface area contributed by atoms with E-state index in [9.17, 15) is 18.3 Å². The Hall–Kier alpha value is -3.84. The Morgan fingerprint density at radius 3 is 2.43 bits per heavy atom. The second-order valence-electron chi connectivity index (χ2n) is 11.6. The fourth-order valence-corrected chi connectivity index (χ4v) is 6.59. The predicted octanol–water partition coefficient (Wildman–Crippen LogP) is 3.82. The summed E-state index contributed by atoms with van der Waals surface area (Å²) in [5.74, 6) is 1.50. The van der Waals surface area contributed by atoms with Crippen LogP contribution in [0.3, 0.4) is 0 Å². The van der Waals surface area contributed by atoms with Crippen LogP contribution in [0.25, 0.3) is 0 Å². The maximum Gasteiger partial charge on any atom is 0.404 e. The van der Waals surface area contributed by atoms with E-state index in [4.69, 9.17) is 30.4 Å². The molecule has 3 aromatic rings. The summed E-state index contributed by atoms with van der Waals surface area (Å²) in [6, 6.07) is 21.0. The number of nitrogens with two attached hydrogens (primary N) is 2. The lowest BCUT2D eigenvalue weighted by molar-refractivity contribution is 0.103. The Morgan fingerprint density at radius 2 is 1.73 bits per heavy atom. The third kappa shape index (κ3) is 9.33. The molecule has 0 spiro atoms. The zero-order valence-corrected chi connectivity index (χ0v) is 25.9. The molecule has 0 aromatic heterocycles. The Labute approximate surface area is 258 Å². The zero-order chi connectivity index (χ0) is 31.7. The molecule has 0 bridgehead atoms. The SMILES string of the molecule is CC(C)(CCCOC(N)=O)CN(C[C@@H](O)[C@@H](N)Cc1ccc(OCc2ccccc2)cc1)S(=O)(=O)c1ccc2c(c1)OCO2. The van der Waals surface area contributed by atoms with Gasteiger partial charge in [0.15, 0.2) is 11.5 Å². The van der Waals surface area contributed by atoms with Gasteiger partial charge in [0.05, 0.1) is 17.6 Å². The third-order valence-corrected chi connectivity index (χ3v) is 9.16. The van der Waals surface area contributed by atoms with Crippen molar-refractivity contribution in [2.24, 2.45) is 16.9 Å². The fourth-order valence-electron chi connectivity index (χ4n) is 4.93. The molecule has 1 aliphatic heterocycles. The average molecular weight is 628 g/mol. The van der Waals surface area contributed by atoms with E-state index in [1.165, 1.54) is 16.4 Å². The maximum atomic E-state index is 13.9. The molecule has 0 unspecified atom stereocenters. The number of nitrogens with zero attached hydrogens (tertiary/aromatic N) is 1. The minimum Gasteiger partial charge on any atom is -0.489 e. The van der Waals surface area contributed by atoms with Gasteiger partial charge in [-0.15, -0.1) is 0 Å². The molecule has 0 radical (unpaired) electrons. The first kappa shape index (κ1) is 33.1. The fraction of sp³-hybridized carbons (Fsp3) is 0.406.